The summed E-state index contributed by atoms with van der Waals surface area (Å²) in [7, 11) is 0. The predicted molar refractivity (Wildman–Crippen MR) is 76.2 cm³/mol. The molecule has 20 heavy (non-hydrogen) atoms. The molecule has 104 valence electrons. The average Bonchev–Trinajstić information content (AvgIpc) is 2.40. The zero-order chi connectivity index (χ0) is 14.5. The van der Waals surface area contributed by atoms with Gasteiger partial charge < -0.3 is 15.5 Å². The number of carbonyl (C=O) groups is 1. The number of carboxylic acids is 1. The molecule has 5 heteroatoms. The van der Waals surface area contributed by atoms with Gasteiger partial charge in [0.15, 0.2) is 0 Å². The Labute approximate surface area is 116 Å². The quantitative estimate of drug-likeness (QED) is 0.778. The highest BCUT2D eigenvalue weighted by molar-refractivity contribution is 5.88. The van der Waals surface area contributed by atoms with Crippen LogP contribution in [0.5, 0.6) is 5.75 Å². The van der Waals surface area contributed by atoms with Crippen molar-refractivity contribution in [2.24, 2.45) is 0 Å². The minimum absolute atomic E-state index is 0.227. The highest BCUT2D eigenvalue weighted by Crippen LogP contribution is 2.12. The van der Waals surface area contributed by atoms with Crippen molar-refractivity contribution < 1.29 is 15.0 Å². The lowest BCUT2D eigenvalue weighted by Gasteiger charge is -2.08. The molecule has 0 bridgehead atoms. The van der Waals surface area contributed by atoms with Crippen molar-refractivity contribution in [3.05, 3.63) is 53.2 Å². The second-order valence-corrected chi connectivity index (χ2v) is 4.53. The van der Waals surface area contributed by atoms with Gasteiger partial charge in [0.1, 0.15) is 11.6 Å². The summed E-state index contributed by atoms with van der Waals surface area (Å²) < 4.78 is 0. The molecule has 1 aromatic heterocycles. The van der Waals surface area contributed by atoms with Gasteiger partial charge in [-0.2, -0.15) is 0 Å². The van der Waals surface area contributed by atoms with E-state index < -0.39 is 5.97 Å². The third kappa shape index (κ3) is 3.71. The zero-order valence-corrected chi connectivity index (χ0v) is 11.1. The standard InChI is InChI=1S/C15H16N2O3/c1-10-8-12(15(19)20)9-14(17-10)16-7-6-11-2-4-13(18)5-3-11/h2-5,8-9,18H,6-7H2,1H3,(H,16,17)(H,19,20). The minimum Gasteiger partial charge on any atom is -0.508 e. The summed E-state index contributed by atoms with van der Waals surface area (Å²) in [5.74, 6) is -0.161. The number of phenolic OH excluding ortho intramolecular Hbond substituents is 1. The number of aromatic hydroxyl groups is 1. The highest BCUT2D eigenvalue weighted by atomic mass is 16.4. The van der Waals surface area contributed by atoms with E-state index in [2.05, 4.69) is 10.3 Å². The first-order valence-corrected chi connectivity index (χ1v) is 6.28. The fraction of sp³-hybridized carbons (Fsp3) is 0.200. The molecule has 0 amide bonds. The van der Waals surface area contributed by atoms with Gasteiger partial charge in [-0.15, -0.1) is 0 Å². The Balaban J connectivity index is 1.97. The van der Waals surface area contributed by atoms with Crippen molar-refractivity contribution in [1.82, 2.24) is 4.98 Å². The first-order valence-electron chi connectivity index (χ1n) is 6.28. The molecule has 0 fully saturated rings. The van der Waals surface area contributed by atoms with Gasteiger partial charge >= 0.3 is 5.97 Å². The molecule has 0 aliphatic heterocycles. The maximum Gasteiger partial charge on any atom is 0.335 e. The third-order valence-corrected chi connectivity index (χ3v) is 2.86. The largest absolute Gasteiger partial charge is 0.508 e. The van der Waals surface area contributed by atoms with Crippen LogP contribution in [0.3, 0.4) is 0 Å². The molecule has 0 saturated carbocycles. The number of pyridine rings is 1. The summed E-state index contributed by atoms with van der Waals surface area (Å²) in [6.45, 7) is 2.40. The molecule has 1 heterocycles. The van der Waals surface area contributed by atoms with E-state index in [9.17, 15) is 9.90 Å². The molecule has 5 nitrogen and oxygen atoms in total. The summed E-state index contributed by atoms with van der Waals surface area (Å²) in [5, 5.41) is 21.3. The second-order valence-electron chi connectivity index (χ2n) is 4.53. The van der Waals surface area contributed by atoms with Gasteiger partial charge in [0.05, 0.1) is 5.56 Å². The van der Waals surface area contributed by atoms with Crippen LogP contribution in [0.15, 0.2) is 36.4 Å². The van der Waals surface area contributed by atoms with Crippen LogP contribution in [-0.2, 0) is 6.42 Å². The molecule has 0 aliphatic carbocycles. The Kier molecular flexibility index (Phi) is 4.20. The molecule has 0 radical (unpaired) electrons. The van der Waals surface area contributed by atoms with Crippen LogP contribution in [0.2, 0.25) is 0 Å². The van der Waals surface area contributed by atoms with Crippen LogP contribution in [-0.4, -0.2) is 27.7 Å². The minimum atomic E-state index is -0.961. The van der Waals surface area contributed by atoms with Gasteiger partial charge in [0, 0.05) is 12.2 Å². The van der Waals surface area contributed by atoms with Crippen molar-refractivity contribution in [3.63, 3.8) is 0 Å². The van der Waals surface area contributed by atoms with Gasteiger partial charge in [-0.3, -0.25) is 0 Å². The van der Waals surface area contributed by atoms with E-state index in [0.717, 1.165) is 12.0 Å². The number of aromatic carboxylic acids is 1. The van der Waals surface area contributed by atoms with Crippen LogP contribution >= 0.6 is 0 Å². The molecule has 0 aliphatic rings. The third-order valence-electron chi connectivity index (χ3n) is 2.86. The van der Waals surface area contributed by atoms with E-state index in [4.69, 9.17) is 5.11 Å². The number of aromatic nitrogens is 1. The molecule has 3 N–H and O–H groups in total. The topological polar surface area (TPSA) is 82.5 Å². The predicted octanol–water partition coefficient (Wildman–Crippen LogP) is 2.45. The second kappa shape index (κ2) is 6.06. The number of carboxylic acid groups (broad SMARTS) is 1. The van der Waals surface area contributed by atoms with Crippen molar-refractivity contribution in [2.45, 2.75) is 13.3 Å². The van der Waals surface area contributed by atoms with Crippen LogP contribution in [0.4, 0.5) is 5.82 Å². The number of benzene rings is 1. The lowest BCUT2D eigenvalue weighted by molar-refractivity contribution is 0.0696. The fourth-order valence-corrected chi connectivity index (χ4v) is 1.88. The Morgan fingerprint density at radius 1 is 1.25 bits per heavy atom. The number of rotatable bonds is 5. The first-order chi connectivity index (χ1) is 9.54. The zero-order valence-electron chi connectivity index (χ0n) is 11.1. The molecular formula is C15H16N2O3. The molecule has 1 aromatic carbocycles. The van der Waals surface area contributed by atoms with Crippen molar-refractivity contribution >= 4 is 11.8 Å². The van der Waals surface area contributed by atoms with E-state index in [1.54, 1.807) is 19.1 Å². The van der Waals surface area contributed by atoms with Crippen LogP contribution in [0, 0.1) is 6.92 Å². The first kappa shape index (κ1) is 13.9. The maximum atomic E-state index is 11.0. The Morgan fingerprint density at radius 2 is 1.95 bits per heavy atom. The lowest BCUT2D eigenvalue weighted by Crippen LogP contribution is -2.08. The summed E-state index contributed by atoms with van der Waals surface area (Å²) in [5.41, 5.74) is 1.98. The van der Waals surface area contributed by atoms with Crippen molar-refractivity contribution in [1.29, 1.82) is 0 Å². The van der Waals surface area contributed by atoms with E-state index in [1.165, 1.54) is 12.1 Å². The molecular weight excluding hydrogens is 256 g/mol. The average molecular weight is 272 g/mol. The van der Waals surface area contributed by atoms with Gasteiger partial charge in [-0.05, 0) is 43.2 Å². The van der Waals surface area contributed by atoms with Crippen molar-refractivity contribution in [2.75, 3.05) is 11.9 Å². The number of hydrogen-bond donors (Lipinski definition) is 3. The van der Waals surface area contributed by atoms with Crippen LogP contribution in [0.1, 0.15) is 21.6 Å². The maximum absolute atomic E-state index is 11.0. The highest BCUT2D eigenvalue weighted by Gasteiger charge is 2.06. The molecule has 0 spiro atoms. The molecule has 0 unspecified atom stereocenters. The summed E-state index contributed by atoms with van der Waals surface area (Å²) >= 11 is 0. The fourth-order valence-electron chi connectivity index (χ4n) is 1.88. The smallest absolute Gasteiger partial charge is 0.335 e. The molecule has 0 saturated heterocycles. The number of hydrogen-bond acceptors (Lipinski definition) is 4. The summed E-state index contributed by atoms with van der Waals surface area (Å²) in [6.07, 6.45) is 0.762. The molecule has 0 atom stereocenters. The molecule has 2 aromatic rings. The number of aryl methyl sites for hydroxylation is 1. The van der Waals surface area contributed by atoms with Gasteiger partial charge in [0.2, 0.25) is 0 Å². The lowest BCUT2D eigenvalue weighted by atomic mass is 10.1. The monoisotopic (exact) mass is 272 g/mol. The van der Waals surface area contributed by atoms with Gasteiger partial charge in [0.25, 0.3) is 0 Å². The number of anilines is 1. The Morgan fingerprint density at radius 3 is 2.60 bits per heavy atom. The van der Waals surface area contributed by atoms with Crippen molar-refractivity contribution in [3.8, 4) is 5.75 Å². The van der Waals surface area contributed by atoms with E-state index in [-0.39, 0.29) is 11.3 Å². The normalized spacial score (nSPS) is 10.2. The number of nitrogens with zero attached hydrogens (tertiary/aromatic N) is 1. The Bertz CT molecular complexity index is 609. The Hall–Kier alpha value is -2.56. The van der Waals surface area contributed by atoms with Gasteiger partial charge in [-0.25, -0.2) is 9.78 Å². The van der Waals surface area contributed by atoms with Crippen LogP contribution < -0.4 is 5.32 Å². The van der Waals surface area contributed by atoms with E-state index in [1.807, 2.05) is 12.1 Å². The molecule has 2 rings (SSSR count). The number of phenols is 1. The SMILES string of the molecule is Cc1cc(C(=O)O)cc(NCCc2ccc(O)cc2)n1. The van der Waals surface area contributed by atoms with Gasteiger partial charge in [-0.1, -0.05) is 12.1 Å². The van der Waals surface area contributed by atoms with Crippen LogP contribution in [0.25, 0.3) is 0 Å². The van der Waals surface area contributed by atoms with E-state index >= 15 is 0 Å². The summed E-state index contributed by atoms with van der Waals surface area (Å²) in [6, 6.07) is 10.0. The van der Waals surface area contributed by atoms with E-state index in [0.29, 0.717) is 18.1 Å². The summed E-state index contributed by atoms with van der Waals surface area (Å²) in [4.78, 5) is 15.2. The number of nitrogens with one attached hydrogen (secondary N) is 1.